The maximum absolute atomic E-state index is 12.3. The van der Waals surface area contributed by atoms with E-state index in [2.05, 4.69) is 10.1 Å². The number of allylic oxidation sites excluding steroid dienone is 1. The first-order valence-electron chi connectivity index (χ1n) is 6.67. The number of esters is 1. The Kier molecular flexibility index (Phi) is 3.19. The van der Waals surface area contributed by atoms with Crippen LogP contribution in [0.3, 0.4) is 0 Å². The van der Waals surface area contributed by atoms with Crippen LogP contribution in [0.25, 0.3) is 0 Å². The molecule has 1 unspecified atom stereocenters. The first-order valence-corrected chi connectivity index (χ1v) is 6.67. The zero-order valence-corrected chi connectivity index (χ0v) is 10.6. The number of carbonyl (C=O) groups is 1. The van der Waals surface area contributed by atoms with E-state index in [-0.39, 0.29) is 11.9 Å². The molecule has 1 fully saturated rings. The monoisotopic (exact) mass is 260 g/mol. The number of hydrogen-bond acceptors (Lipinski definition) is 5. The van der Waals surface area contributed by atoms with Gasteiger partial charge in [0.05, 0.1) is 5.92 Å². The van der Waals surface area contributed by atoms with Gasteiger partial charge in [0.2, 0.25) is 0 Å². The van der Waals surface area contributed by atoms with Crippen molar-refractivity contribution in [3.63, 3.8) is 0 Å². The first-order chi connectivity index (χ1) is 9.30. The third kappa shape index (κ3) is 2.32. The second-order valence-electron chi connectivity index (χ2n) is 4.97. The molecule has 2 aliphatic rings. The SMILES string of the molecule is O=C(OC1(c2ccon2)C=CC=N1)C1CCCCC1. The lowest BCUT2D eigenvalue weighted by Crippen LogP contribution is -2.32. The average Bonchev–Trinajstić information content (AvgIpc) is 3.11. The molecule has 0 amide bonds. The molecule has 0 spiro atoms. The largest absolute Gasteiger partial charge is 0.427 e. The lowest BCUT2D eigenvalue weighted by Gasteiger charge is -2.26. The molecule has 0 bridgehead atoms. The van der Waals surface area contributed by atoms with Gasteiger partial charge in [-0.1, -0.05) is 24.4 Å². The molecule has 5 nitrogen and oxygen atoms in total. The summed E-state index contributed by atoms with van der Waals surface area (Å²) in [5.41, 5.74) is -0.622. The lowest BCUT2D eigenvalue weighted by atomic mass is 9.89. The Morgan fingerprint density at radius 3 is 2.84 bits per heavy atom. The van der Waals surface area contributed by atoms with Crippen LogP contribution >= 0.6 is 0 Å². The third-order valence-electron chi connectivity index (χ3n) is 3.67. The van der Waals surface area contributed by atoms with Crippen LogP contribution in [0.1, 0.15) is 37.8 Å². The van der Waals surface area contributed by atoms with Gasteiger partial charge < -0.3 is 9.26 Å². The Labute approximate surface area is 111 Å². The second-order valence-corrected chi connectivity index (χ2v) is 4.97. The summed E-state index contributed by atoms with van der Waals surface area (Å²) < 4.78 is 10.5. The van der Waals surface area contributed by atoms with Crippen molar-refractivity contribution in [1.82, 2.24) is 5.16 Å². The summed E-state index contributed by atoms with van der Waals surface area (Å²) in [5.74, 6) is -0.201. The Bertz CT molecular complexity index is 487. The van der Waals surface area contributed by atoms with Crippen LogP contribution in [-0.2, 0) is 15.3 Å². The molecule has 0 saturated heterocycles. The molecule has 1 aliphatic carbocycles. The molecule has 1 aromatic rings. The van der Waals surface area contributed by atoms with Crippen LogP contribution in [0.4, 0.5) is 0 Å². The smallest absolute Gasteiger partial charge is 0.311 e. The van der Waals surface area contributed by atoms with E-state index in [9.17, 15) is 4.79 Å². The van der Waals surface area contributed by atoms with E-state index in [1.165, 1.54) is 12.7 Å². The normalized spacial score (nSPS) is 26.7. The van der Waals surface area contributed by atoms with E-state index >= 15 is 0 Å². The summed E-state index contributed by atoms with van der Waals surface area (Å²) in [6.45, 7) is 0. The maximum Gasteiger partial charge on any atom is 0.311 e. The van der Waals surface area contributed by atoms with Crippen LogP contribution in [-0.4, -0.2) is 17.3 Å². The van der Waals surface area contributed by atoms with Gasteiger partial charge in [-0.3, -0.25) is 4.79 Å². The molecule has 100 valence electrons. The minimum Gasteiger partial charge on any atom is -0.427 e. The number of aliphatic imine (C=N–C) groups is 1. The standard InChI is InChI=1S/C14H16N2O3/c17-13(11-5-2-1-3-6-11)19-14(8-4-9-15-14)12-7-10-18-16-12/h4,7-11H,1-3,5-6H2. The van der Waals surface area contributed by atoms with E-state index in [0.717, 1.165) is 25.7 Å². The van der Waals surface area contributed by atoms with Crippen LogP contribution in [0.5, 0.6) is 0 Å². The molecule has 5 heteroatoms. The molecule has 0 radical (unpaired) electrons. The van der Waals surface area contributed by atoms with Gasteiger partial charge in [0, 0.05) is 12.3 Å². The molecule has 1 aromatic heterocycles. The number of aromatic nitrogens is 1. The molecule has 3 rings (SSSR count). The Hall–Kier alpha value is -1.91. The van der Waals surface area contributed by atoms with Crippen molar-refractivity contribution in [3.8, 4) is 0 Å². The van der Waals surface area contributed by atoms with E-state index in [4.69, 9.17) is 9.26 Å². The van der Waals surface area contributed by atoms with Gasteiger partial charge in [0.15, 0.2) is 5.69 Å². The quantitative estimate of drug-likeness (QED) is 0.783. The van der Waals surface area contributed by atoms with E-state index < -0.39 is 5.72 Å². The van der Waals surface area contributed by atoms with Gasteiger partial charge in [-0.05, 0) is 25.0 Å². The van der Waals surface area contributed by atoms with Crippen LogP contribution in [0.15, 0.2) is 34.0 Å². The number of carbonyl (C=O) groups excluding carboxylic acids is 1. The van der Waals surface area contributed by atoms with Crippen molar-refractivity contribution >= 4 is 12.2 Å². The Morgan fingerprint density at radius 2 is 2.21 bits per heavy atom. The topological polar surface area (TPSA) is 64.7 Å². The predicted octanol–water partition coefficient (Wildman–Crippen LogP) is 2.59. The fraction of sp³-hybridized carbons (Fsp3) is 0.500. The zero-order chi connectivity index (χ0) is 13.1. The summed E-state index contributed by atoms with van der Waals surface area (Å²) in [6, 6.07) is 1.67. The lowest BCUT2D eigenvalue weighted by molar-refractivity contribution is -0.162. The summed E-state index contributed by atoms with van der Waals surface area (Å²) in [7, 11) is 0. The van der Waals surface area contributed by atoms with Gasteiger partial charge in [0.1, 0.15) is 6.26 Å². The highest BCUT2D eigenvalue weighted by Gasteiger charge is 2.39. The third-order valence-corrected chi connectivity index (χ3v) is 3.67. The summed E-state index contributed by atoms with van der Waals surface area (Å²) >= 11 is 0. The fourth-order valence-corrected chi connectivity index (χ4v) is 2.61. The van der Waals surface area contributed by atoms with Crippen molar-refractivity contribution in [2.75, 3.05) is 0 Å². The number of ether oxygens (including phenoxy) is 1. The van der Waals surface area contributed by atoms with Crippen molar-refractivity contribution in [3.05, 3.63) is 30.2 Å². The van der Waals surface area contributed by atoms with Gasteiger partial charge in [-0.25, -0.2) is 4.99 Å². The van der Waals surface area contributed by atoms with E-state index in [0.29, 0.717) is 5.69 Å². The van der Waals surface area contributed by atoms with Crippen LogP contribution in [0.2, 0.25) is 0 Å². The first kappa shape index (κ1) is 12.1. The van der Waals surface area contributed by atoms with Crippen molar-refractivity contribution in [1.29, 1.82) is 0 Å². The van der Waals surface area contributed by atoms with Gasteiger partial charge in [-0.2, -0.15) is 0 Å². The summed E-state index contributed by atoms with van der Waals surface area (Å²) in [5, 5.41) is 3.85. The molecule has 1 saturated carbocycles. The van der Waals surface area contributed by atoms with Crippen molar-refractivity contribution in [2.24, 2.45) is 10.9 Å². The Balaban J connectivity index is 1.77. The molecular weight excluding hydrogens is 244 g/mol. The van der Waals surface area contributed by atoms with Crippen molar-refractivity contribution in [2.45, 2.75) is 37.8 Å². The van der Waals surface area contributed by atoms with Gasteiger partial charge in [0.25, 0.3) is 5.72 Å². The van der Waals surface area contributed by atoms with Crippen LogP contribution < -0.4 is 0 Å². The molecule has 0 aromatic carbocycles. The highest BCUT2D eigenvalue weighted by atomic mass is 16.6. The Morgan fingerprint density at radius 1 is 1.37 bits per heavy atom. The fourth-order valence-electron chi connectivity index (χ4n) is 2.61. The number of nitrogens with zero attached hydrogens (tertiary/aromatic N) is 2. The van der Waals surface area contributed by atoms with Gasteiger partial charge >= 0.3 is 5.97 Å². The van der Waals surface area contributed by atoms with Crippen molar-refractivity contribution < 1.29 is 14.1 Å². The second kappa shape index (κ2) is 4.99. The predicted molar refractivity (Wildman–Crippen MR) is 68.5 cm³/mol. The average molecular weight is 260 g/mol. The van der Waals surface area contributed by atoms with E-state index in [1.54, 1.807) is 24.4 Å². The maximum atomic E-state index is 12.3. The molecule has 2 heterocycles. The van der Waals surface area contributed by atoms with Crippen LogP contribution in [0, 0.1) is 5.92 Å². The highest BCUT2D eigenvalue weighted by Crippen LogP contribution is 2.33. The minimum absolute atomic E-state index is 0.0123. The molecule has 1 aliphatic heterocycles. The minimum atomic E-state index is -1.12. The molecule has 19 heavy (non-hydrogen) atoms. The summed E-state index contributed by atoms with van der Waals surface area (Å²) in [6.07, 6.45) is 11.7. The highest BCUT2D eigenvalue weighted by molar-refractivity contribution is 5.78. The molecule has 1 atom stereocenters. The molecule has 0 N–H and O–H groups in total. The van der Waals surface area contributed by atoms with E-state index in [1.807, 2.05) is 0 Å². The van der Waals surface area contributed by atoms with Gasteiger partial charge in [-0.15, -0.1) is 0 Å². The summed E-state index contributed by atoms with van der Waals surface area (Å²) in [4.78, 5) is 16.5. The number of rotatable bonds is 3. The molecular formula is C14H16N2O3. The zero-order valence-electron chi connectivity index (χ0n) is 10.6. The number of hydrogen-bond donors (Lipinski definition) is 0.